The third-order valence-corrected chi connectivity index (χ3v) is 4.98. The van der Waals surface area contributed by atoms with E-state index in [2.05, 4.69) is 20.3 Å². The molecule has 0 aliphatic heterocycles. The molecule has 0 bridgehead atoms. The van der Waals surface area contributed by atoms with Gasteiger partial charge in [0.25, 0.3) is 5.82 Å². The highest BCUT2D eigenvalue weighted by Crippen LogP contribution is 2.32. The van der Waals surface area contributed by atoms with Crippen LogP contribution in [-0.4, -0.2) is 39.6 Å². The molecule has 0 amide bonds. The molecule has 0 fully saturated rings. The van der Waals surface area contributed by atoms with E-state index in [0.29, 0.717) is 0 Å². The Hall–Kier alpha value is -2.24. The van der Waals surface area contributed by atoms with Crippen LogP contribution >= 0.6 is 23.2 Å². The Balaban J connectivity index is 2.19. The molecule has 0 aliphatic carbocycles. The highest BCUT2D eigenvalue weighted by atomic mass is 35.5. The second-order valence-electron chi connectivity index (χ2n) is 5.30. The first-order chi connectivity index (χ1) is 12.5. The molecule has 0 saturated carbocycles. The molecule has 0 unspecified atom stereocenters. The SMILES string of the molecule is CS(=O)(=O)c1ccc(-n2nc(C(F)(F)F)nc2-c2ccc(Cl)c(Cl)c2)nn1. The predicted octanol–water partition coefficient (Wildman–Crippen LogP) is 3.45. The van der Waals surface area contributed by atoms with Crippen LogP contribution < -0.4 is 0 Å². The summed E-state index contributed by atoms with van der Waals surface area (Å²) < 4.78 is 62.9. The first-order valence-corrected chi connectivity index (χ1v) is 9.65. The van der Waals surface area contributed by atoms with E-state index in [4.69, 9.17) is 23.2 Å². The third-order valence-electron chi connectivity index (χ3n) is 3.26. The van der Waals surface area contributed by atoms with E-state index in [1.165, 1.54) is 24.3 Å². The van der Waals surface area contributed by atoms with Crippen molar-refractivity contribution in [1.82, 2.24) is 25.0 Å². The first kappa shape index (κ1) is 19.5. The van der Waals surface area contributed by atoms with Gasteiger partial charge in [0.05, 0.1) is 10.0 Å². The number of alkyl halides is 3. The van der Waals surface area contributed by atoms with Gasteiger partial charge in [-0.25, -0.2) is 13.4 Å². The molecule has 13 heteroatoms. The molecule has 0 saturated heterocycles. The lowest BCUT2D eigenvalue weighted by atomic mass is 10.2. The average molecular weight is 438 g/mol. The van der Waals surface area contributed by atoms with E-state index < -0.39 is 21.8 Å². The van der Waals surface area contributed by atoms with Gasteiger partial charge in [0.15, 0.2) is 26.5 Å². The standard InChI is InChI=1S/C14H8Cl2F3N5O2S/c1-27(25,26)11-5-4-10(21-22-11)24-12(20-13(23-24)14(17,18)19)7-2-3-8(15)9(16)6-7/h2-6H,1H3. The smallest absolute Gasteiger partial charge is 0.222 e. The number of nitrogens with zero attached hydrogens (tertiary/aromatic N) is 5. The highest BCUT2D eigenvalue weighted by molar-refractivity contribution is 7.90. The lowest BCUT2D eigenvalue weighted by Crippen LogP contribution is -2.10. The van der Waals surface area contributed by atoms with E-state index >= 15 is 0 Å². The molecule has 2 heterocycles. The zero-order chi connectivity index (χ0) is 20.0. The topological polar surface area (TPSA) is 90.6 Å². The van der Waals surface area contributed by atoms with Gasteiger partial charge in [-0.05, 0) is 30.3 Å². The molecular formula is C14H8Cl2F3N5O2S. The first-order valence-electron chi connectivity index (χ1n) is 7.00. The number of benzene rings is 1. The molecule has 142 valence electrons. The molecule has 0 atom stereocenters. The van der Waals surface area contributed by atoms with Crippen molar-refractivity contribution in [3.63, 3.8) is 0 Å². The van der Waals surface area contributed by atoms with Crippen molar-refractivity contribution in [1.29, 1.82) is 0 Å². The summed E-state index contributed by atoms with van der Waals surface area (Å²) in [7, 11) is -3.62. The monoisotopic (exact) mass is 437 g/mol. The summed E-state index contributed by atoms with van der Waals surface area (Å²) >= 11 is 11.8. The van der Waals surface area contributed by atoms with Crippen LogP contribution in [-0.2, 0) is 16.0 Å². The summed E-state index contributed by atoms with van der Waals surface area (Å²) in [6, 6.07) is 6.39. The summed E-state index contributed by atoms with van der Waals surface area (Å²) in [5, 5.41) is 10.6. The largest absolute Gasteiger partial charge is 0.453 e. The molecule has 7 nitrogen and oxygen atoms in total. The zero-order valence-corrected chi connectivity index (χ0v) is 15.6. The minimum absolute atomic E-state index is 0.107. The van der Waals surface area contributed by atoms with E-state index in [-0.39, 0.29) is 32.3 Å². The number of hydrogen-bond acceptors (Lipinski definition) is 6. The van der Waals surface area contributed by atoms with Crippen LogP contribution in [0.1, 0.15) is 5.82 Å². The molecule has 0 aliphatic rings. The minimum atomic E-state index is -4.81. The number of hydrogen-bond donors (Lipinski definition) is 0. The van der Waals surface area contributed by atoms with Gasteiger partial charge in [0, 0.05) is 11.8 Å². The Kier molecular flexibility index (Phi) is 4.87. The van der Waals surface area contributed by atoms with Crippen LogP contribution in [0.15, 0.2) is 35.4 Å². The summed E-state index contributed by atoms with van der Waals surface area (Å²) in [6.07, 6.45) is -3.88. The van der Waals surface area contributed by atoms with Gasteiger partial charge in [-0.3, -0.25) is 0 Å². The summed E-state index contributed by atoms with van der Waals surface area (Å²) in [5.41, 5.74) is 0.196. The fraction of sp³-hybridized carbons (Fsp3) is 0.143. The maximum absolute atomic E-state index is 13.1. The summed E-state index contributed by atoms with van der Waals surface area (Å²) in [6.45, 7) is 0. The van der Waals surface area contributed by atoms with Crippen molar-refractivity contribution in [2.75, 3.05) is 6.26 Å². The van der Waals surface area contributed by atoms with Crippen molar-refractivity contribution in [2.45, 2.75) is 11.2 Å². The third kappa shape index (κ3) is 4.04. The summed E-state index contributed by atoms with van der Waals surface area (Å²) in [5.74, 6) is -1.79. The van der Waals surface area contributed by atoms with Crippen molar-refractivity contribution in [3.05, 3.63) is 46.2 Å². The Bertz CT molecular complexity index is 1110. The minimum Gasteiger partial charge on any atom is -0.222 e. The zero-order valence-electron chi connectivity index (χ0n) is 13.2. The van der Waals surface area contributed by atoms with E-state index in [0.717, 1.165) is 17.0 Å². The van der Waals surface area contributed by atoms with Gasteiger partial charge in [-0.15, -0.1) is 15.3 Å². The molecule has 3 aromatic rings. The second-order valence-corrected chi connectivity index (χ2v) is 8.08. The van der Waals surface area contributed by atoms with Gasteiger partial charge < -0.3 is 0 Å². The molecule has 0 radical (unpaired) electrons. The van der Waals surface area contributed by atoms with E-state index in [9.17, 15) is 21.6 Å². The van der Waals surface area contributed by atoms with Gasteiger partial charge in [0.1, 0.15) is 0 Å². The van der Waals surface area contributed by atoms with Crippen LogP contribution in [0.5, 0.6) is 0 Å². The number of rotatable bonds is 3. The van der Waals surface area contributed by atoms with Crippen LogP contribution in [0, 0.1) is 0 Å². The van der Waals surface area contributed by atoms with Crippen molar-refractivity contribution in [2.24, 2.45) is 0 Å². The van der Waals surface area contributed by atoms with Crippen LogP contribution in [0.4, 0.5) is 13.2 Å². The normalized spacial score (nSPS) is 12.4. The molecule has 1 aromatic carbocycles. The molecular weight excluding hydrogens is 430 g/mol. The maximum atomic E-state index is 13.1. The lowest BCUT2D eigenvalue weighted by Gasteiger charge is -2.06. The predicted molar refractivity (Wildman–Crippen MR) is 90.5 cm³/mol. The van der Waals surface area contributed by atoms with Gasteiger partial charge in [0.2, 0.25) is 0 Å². The fourth-order valence-electron chi connectivity index (χ4n) is 2.04. The Morgan fingerprint density at radius 1 is 1.04 bits per heavy atom. The van der Waals surface area contributed by atoms with Crippen LogP contribution in [0.3, 0.4) is 0 Å². The van der Waals surface area contributed by atoms with Gasteiger partial charge in [-0.2, -0.15) is 17.9 Å². The van der Waals surface area contributed by atoms with E-state index in [1.807, 2.05) is 0 Å². The van der Waals surface area contributed by atoms with Crippen molar-refractivity contribution in [3.8, 4) is 17.2 Å². The van der Waals surface area contributed by atoms with E-state index in [1.54, 1.807) is 0 Å². The molecule has 3 rings (SSSR count). The number of halogens is 5. The summed E-state index contributed by atoms with van der Waals surface area (Å²) in [4.78, 5) is 3.51. The Labute approximate surface area is 160 Å². The van der Waals surface area contributed by atoms with Gasteiger partial charge >= 0.3 is 6.18 Å². The second kappa shape index (κ2) is 6.73. The Morgan fingerprint density at radius 3 is 2.26 bits per heavy atom. The molecule has 0 N–H and O–H groups in total. The fourth-order valence-corrected chi connectivity index (χ4v) is 2.84. The number of aromatic nitrogens is 5. The quantitative estimate of drug-likeness (QED) is 0.622. The Morgan fingerprint density at radius 2 is 1.74 bits per heavy atom. The van der Waals surface area contributed by atoms with Crippen LogP contribution in [0.25, 0.3) is 17.2 Å². The van der Waals surface area contributed by atoms with Crippen molar-refractivity contribution >= 4 is 33.0 Å². The maximum Gasteiger partial charge on any atom is 0.453 e. The van der Waals surface area contributed by atoms with Crippen molar-refractivity contribution < 1.29 is 21.6 Å². The number of sulfone groups is 1. The van der Waals surface area contributed by atoms with Gasteiger partial charge in [-0.1, -0.05) is 23.2 Å². The molecule has 27 heavy (non-hydrogen) atoms. The molecule has 0 spiro atoms. The average Bonchev–Trinajstić information content (AvgIpc) is 3.02. The highest BCUT2D eigenvalue weighted by Gasteiger charge is 2.37. The van der Waals surface area contributed by atoms with Crippen LogP contribution in [0.2, 0.25) is 10.0 Å². The lowest BCUT2D eigenvalue weighted by molar-refractivity contribution is -0.144. The molecule has 2 aromatic heterocycles.